The number of hydrogen-bond donors (Lipinski definition) is 1. The molecule has 0 radical (unpaired) electrons. The molecule has 7 nitrogen and oxygen atoms in total. The van der Waals surface area contributed by atoms with E-state index in [-0.39, 0.29) is 12.4 Å². The summed E-state index contributed by atoms with van der Waals surface area (Å²) in [6.45, 7) is 1.59. The van der Waals surface area contributed by atoms with Crippen molar-refractivity contribution in [3.05, 3.63) is 59.9 Å². The van der Waals surface area contributed by atoms with Crippen molar-refractivity contribution < 1.29 is 19.4 Å². The molecule has 0 spiro atoms. The zero-order chi connectivity index (χ0) is 21.8. The number of para-hydroxylation sites is 1. The summed E-state index contributed by atoms with van der Waals surface area (Å²) in [6.07, 6.45) is 1.56. The van der Waals surface area contributed by atoms with E-state index in [4.69, 9.17) is 14.5 Å². The van der Waals surface area contributed by atoms with Crippen molar-refractivity contribution in [2.24, 2.45) is 0 Å². The van der Waals surface area contributed by atoms with E-state index >= 15 is 0 Å². The van der Waals surface area contributed by atoms with Crippen molar-refractivity contribution in [1.82, 2.24) is 14.8 Å². The zero-order valence-corrected chi connectivity index (χ0v) is 18.3. The van der Waals surface area contributed by atoms with Crippen molar-refractivity contribution in [2.45, 2.75) is 36.9 Å². The molecule has 1 N–H and O–H groups in total. The Morgan fingerprint density at radius 1 is 1.23 bits per heavy atom. The van der Waals surface area contributed by atoms with Gasteiger partial charge in [-0.05, 0) is 50.1 Å². The quantitative estimate of drug-likeness (QED) is 0.379. The number of benzene rings is 2. The molecule has 2 aromatic carbocycles. The average Bonchev–Trinajstić information content (AvgIpc) is 3.55. The summed E-state index contributed by atoms with van der Waals surface area (Å²) in [7, 11) is 1.52. The van der Waals surface area contributed by atoms with E-state index in [0.29, 0.717) is 33.9 Å². The monoisotopic (exact) mass is 439 g/mol. The van der Waals surface area contributed by atoms with Crippen LogP contribution in [0.15, 0.2) is 53.7 Å². The van der Waals surface area contributed by atoms with Gasteiger partial charge in [0.15, 0.2) is 17.3 Å². The molecule has 3 aromatic rings. The van der Waals surface area contributed by atoms with E-state index in [1.807, 2.05) is 35.0 Å². The van der Waals surface area contributed by atoms with E-state index < -0.39 is 6.10 Å². The normalized spacial score (nSPS) is 14.3. The molecule has 0 amide bonds. The molecule has 1 heterocycles. The molecular formula is C23H25N3O4S. The van der Waals surface area contributed by atoms with Gasteiger partial charge in [0, 0.05) is 17.2 Å². The lowest BCUT2D eigenvalue weighted by Gasteiger charge is -2.14. The fraction of sp³-hybridized carbons (Fsp3) is 0.348. The Hall–Kier alpha value is -2.84. The standard InChI is InChI=1S/C23H25N3O4S/c1-15(27)17-10-11-20(21(12-17)29-2)30-13-19(28)14-31-23-24-22(16-8-9-16)26(25-23)18-6-4-3-5-7-18/h3-7,10-12,16,19,28H,8-9,13-14H2,1-2H3/t19-/m0/s1. The Labute approximate surface area is 185 Å². The largest absolute Gasteiger partial charge is 0.493 e. The number of carbonyl (C=O) groups excluding carboxylic acids is 1. The number of methoxy groups -OCH3 is 1. The van der Waals surface area contributed by atoms with E-state index in [2.05, 4.69) is 5.10 Å². The summed E-state index contributed by atoms with van der Waals surface area (Å²) < 4.78 is 12.9. The molecule has 1 aliphatic rings. The Balaban J connectivity index is 1.36. The second-order valence-corrected chi connectivity index (χ2v) is 8.46. The first-order valence-electron chi connectivity index (χ1n) is 10.2. The van der Waals surface area contributed by atoms with Crippen LogP contribution in [0.1, 0.15) is 41.9 Å². The first-order valence-corrected chi connectivity index (χ1v) is 11.2. The Bertz CT molecular complexity index is 1050. The zero-order valence-electron chi connectivity index (χ0n) is 17.5. The molecule has 1 fully saturated rings. The highest BCUT2D eigenvalue weighted by molar-refractivity contribution is 7.99. The molecule has 8 heteroatoms. The van der Waals surface area contributed by atoms with Crippen molar-refractivity contribution >= 4 is 17.5 Å². The van der Waals surface area contributed by atoms with E-state index in [1.54, 1.807) is 18.2 Å². The SMILES string of the molecule is COc1cc(C(C)=O)ccc1OC[C@H](O)CSc1nc(C2CC2)n(-c2ccccc2)n1. The van der Waals surface area contributed by atoms with Crippen molar-refractivity contribution in [3.8, 4) is 17.2 Å². The predicted molar refractivity (Wildman–Crippen MR) is 119 cm³/mol. The molecule has 31 heavy (non-hydrogen) atoms. The Kier molecular flexibility index (Phi) is 6.58. The molecule has 0 unspecified atom stereocenters. The molecule has 4 rings (SSSR count). The number of Topliss-reactive ketones (excluding diaryl/α,β-unsaturated/α-hetero) is 1. The van der Waals surface area contributed by atoms with E-state index in [0.717, 1.165) is 24.4 Å². The van der Waals surface area contributed by atoms with Crippen LogP contribution in [0.2, 0.25) is 0 Å². The summed E-state index contributed by atoms with van der Waals surface area (Å²) in [4.78, 5) is 16.2. The van der Waals surface area contributed by atoms with Crippen LogP contribution in [-0.4, -0.2) is 51.2 Å². The van der Waals surface area contributed by atoms with Crippen molar-refractivity contribution in [1.29, 1.82) is 0 Å². The van der Waals surface area contributed by atoms with Crippen molar-refractivity contribution in [2.75, 3.05) is 19.5 Å². The van der Waals surface area contributed by atoms with Gasteiger partial charge in [-0.1, -0.05) is 30.0 Å². The van der Waals surface area contributed by atoms with Gasteiger partial charge in [-0.2, -0.15) is 0 Å². The van der Waals surface area contributed by atoms with Crippen LogP contribution >= 0.6 is 11.8 Å². The summed E-state index contributed by atoms with van der Waals surface area (Å²) in [5, 5.41) is 15.7. The van der Waals surface area contributed by atoms with Crippen LogP contribution in [-0.2, 0) is 0 Å². The molecule has 0 bridgehead atoms. The van der Waals surface area contributed by atoms with Gasteiger partial charge in [0.05, 0.1) is 18.9 Å². The van der Waals surface area contributed by atoms with Crippen LogP contribution in [0.5, 0.6) is 11.5 Å². The predicted octanol–water partition coefficient (Wildman–Crippen LogP) is 3.89. The van der Waals surface area contributed by atoms with Crippen LogP contribution in [0, 0.1) is 0 Å². The van der Waals surface area contributed by atoms with Crippen molar-refractivity contribution in [3.63, 3.8) is 0 Å². The minimum Gasteiger partial charge on any atom is -0.493 e. The molecule has 1 aromatic heterocycles. The number of thioether (sulfide) groups is 1. The molecular weight excluding hydrogens is 414 g/mol. The number of rotatable bonds is 10. The number of hydrogen-bond acceptors (Lipinski definition) is 7. The highest BCUT2D eigenvalue weighted by atomic mass is 32.2. The lowest BCUT2D eigenvalue weighted by atomic mass is 10.1. The highest BCUT2D eigenvalue weighted by Crippen LogP contribution is 2.40. The number of nitrogens with zero attached hydrogens (tertiary/aromatic N) is 3. The van der Waals surface area contributed by atoms with Gasteiger partial charge in [0.25, 0.3) is 0 Å². The number of aliphatic hydroxyl groups is 1. The summed E-state index contributed by atoms with van der Waals surface area (Å²) in [5.41, 5.74) is 1.54. The second kappa shape index (κ2) is 9.53. The Morgan fingerprint density at radius 2 is 2.00 bits per heavy atom. The third kappa shape index (κ3) is 5.26. The Morgan fingerprint density at radius 3 is 2.68 bits per heavy atom. The van der Waals surface area contributed by atoms with Gasteiger partial charge in [-0.25, -0.2) is 9.67 Å². The second-order valence-electron chi connectivity index (χ2n) is 7.47. The van der Waals surface area contributed by atoms with Gasteiger partial charge in [0.1, 0.15) is 12.4 Å². The van der Waals surface area contributed by atoms with Crippen LogP contribution in [0.4, 0.5) is 0 Å². The lowest BCUT2D eigenvalue weighted by molar-refractivity contribution is 0.101. The number of aromatic nitrogens is 3. The third-order valence-electron chi connectivity index (χ3n) is 4.96. The number of carbonyl (C=O) groups is 1. The van der Waals surface area contributed by atoms with Gasteiger partial charge in [-0.15, -0.1) is 5.10 Å². The minimum absolute atomic E-state index is 0.0470. The number of aliphatic hydroxyl groups excluding tert-OH is 1. The third-order valence-corrected chi connectivity index (χ3v) is 5.94. The average molecular weight is 440 g/mol. The maximum atomic E-state index is 11.5. The van der Waals surface area contributed by atoms with Crippen LogP contribution in [0.3, 0.4) is 0 Å². The summed E-state index contributed by atoms with van der Waals surface area (Å²) >= 11 is 1.41. The number of ketones is 1. The molecule has 1 saturated carbocycles. The van der Waals surface area contributed by atoms with Crippen LogP contribution in [0.25, 0.3) is 5.69 Å². The first kappa shape index (κ1) is 21.4. The molecule has 162 valence electrons. The smallest absolute Gasteiger partial charge is 0.209 e. The van der Waals surface area contributed by atoms with Gasteiger partial charge in [0.2, 0.25) is 5.16 Å². The molecule has 1 aliphatic carbocycles. The maximum absolute atomic E-state index is 11.5. The summed E-state index contributed by atoms with van der Waals surface area (Å²) in [6, 6.07) is 15.0. The molecule has 1 atom stereocenters. The topological polar surface area (TPSA) is 86.5 Å². The maximum Gasteiger partial charge on any atom is 0.209 e. The van der Waals surface area contributed by atoms with Gasteiger partial charge < -0.3 is 14.6 Å². The highest BCUT2D eigenvalue weighted by Gasteiger charge is 2.30. The summed E-state index contributed by atoms with van der Waals surface area (Å²) in [5.74, 6) is 2.74. The number of ether oxygens (including phenoxy) is 2. The molecule has 0 aliphatic heterocycles. The lowest BCUT2D eigenvalue weighted by Crippen LogP contribution is -2.20. The van der Waals surface area contributed by atoms with Gasteiger partial charge >= 0.3 is 0 Å². The van der Waals surface area contributed by atoms with Crippen LogP contribution < -0.4 is 9.47 Å². The van der Waals surface area contributed by atoms with E-state index in [1.165, 1.54) is 25.8 Å². The fourth-order valence-electron chi connectivity index (χ4n) is 3.14. The van der Waals surface area contributed by atoms with E-state index in [9.17, 15) is 9.90 Å². The minimum atomic E-state index is -0.713. The fourth-order valence-corrected chi connectivity index (χ4v) is 3.88. The van der Waals surface area contributed by atoms with Gasteiger partial charge in [-0.3, -0.25) is 4.79 Å². The first-order chi connectivity index (χ1) is 15.0. The molecule has 0 saturated heterocycles.